The largest absolute Gasteiger partial charge is 0.379 e. The Labute approximate surface area is 173 Å². The molecule has 0 saturated carbocycles. The molecule has 1 aliphatic rings. The normalized spacial score (nSPS) is 14.9. The van der Waals surface area contributed by atoms with Crippen LogP contribution in [0, 0.1) is 23.3 Å². The molecule has 5 nitrogen and oxygen atoms in total. The molecule has 30 heavy (non-hydrogen) atoms. The summed E-state index contributed by atoms with van der Waals surface area (Å²) in [6.07, 6.45) is 0. The van der Waals surface area contributed by atoms with Crippen molar-refractivity contribution in [2.75, 3.05) is 44.3 Å². The molecule has 0 unspecified atom stereocenters. The molecule has 0 N–H and O–H groups in total. The number of halogens is 4. The highest BCUT2D eigenvalue weighted by Gasteiger charge is 2.24. The summed E-state index contributed by atoms with van der Waals surface area (Å²) < 4.78 is 60.2. The minimum Gasteiger partial charge on any atom is -0.379 e. The maximum absolute atomic E-state index is 14.1. The van der Waals surface area contributed by atoms with E-state index in [0.717, 1.165) is 35.6 Å². The van der Waals surface area contributed by atoms with Crippen LogP contribution >= 0.6 is 11.3 Å². The van der Waals surface area contributed by atoms with Gasteiger partial charge in [-0.05, 0) is 24.3 Å². The summed E-state index contributed by atoms with van der Waals surface area (Å²) >= 11 is 0.954. The van der Waals surface area contributed by atoms with Crippen LogP contribution in [0.25, 0.3) is 10.2 Å². The van der Waals surface area contributed by atoms with Crippen molar-refractivity contribution in [3.63, 3.8) is 0 Å². The van der Waals surface area contributed by atoms with Crippen LogP contribution in [0.1, 0.15) is 10.4 Å². The Bertz CT molecular complexity index is 1090. The van der Waals surface area contributed by atoms with Gasteiger partial charge in [0.05, 0.1) is 17.9 Å². The van der Waals surface area contributed by atoms with E-state index in [1.807, 2.05) is 0 Å². The maximum Gasteiger partial charge on any atom is 0.260 e. The molecule has 10 heteroatoms. The zero-order chi connectivity index (χ0) is 21.3. The third-order valence-corrected chi connectivity index (χ3v) is 5.81. The molecule has 2 heterocycles. The quantitative estimate of drug-likeness (QED) is 0.567. The van der Waals surface area contributed by atoms with Crippen molar-refractivity contribution in [2.24, 2.45) is 0 Å². The summed E-state index contributed by atoms with van der Waals surface area (Å²) in [5.74, 6) is -4.40. The van der Waals surface area contributed by atoms with E-state index in [0.29, 0.717) is 32.8 Å². The topological polar surface area (TPSA) is 45.7 Å². The van der Waals surface area contributed by atoms with E-state index >= 15 is 0 Å². The molecule has 0 spiro atoms. The fraction of sp³-hybridized carbons (Fsp3) is 0.300. The predicted octanol–water partition coefficient (Wildman–Crippen LogP) is 3.83. The minimum atomic E-state index is -1.15. The van der Waals surface area contributed by atoms with Gasteiger partial charge in [-0.3, -0.25) is 14.6 Å². The van der Waals surface area contributed by atoms with Crippen LogP contribution in [-0.4, -0.2) is 55.2 Å². The number of carbonyl (C=O) groups is 1. The lowest BCUT2D eigenvalue weighted by Crippen LogP contribution is -2.43. The highest BCUT2D eigenvalue weighted by atomic mass is 32.1. The number of hydrogen-bond donors (Lipinski definition) is 0. The average molecular weight is 439 g/mol. The van der Waals surface area contributed by atoms with E-state index in [1.54, 1.807) is 0 Å². The van der Waals surface area contributed by atoms with Gasteiger partial charge < -0.3 is 4.74 Å². The van der Waals surface area contributed by atoms with Gasteiger partial charge in [-0.15, -0.1) is 0 Å². The van der Waals surface area contributed by atoms with Crippen LogP contribution in [0.5, 0.6) is 0 Å². The summed E-state index contributed by atoms with van der Waals surface area (Å²) in [6.45, 7) is 3.18. The Morgan fingerprint density at radius 1 is 1.07 bits per heavy atom. The fourth-order valence-corrected chi connectivity index (χ4v) is 4.23. The number of rotatable bonds is 5. The molecule has 1 fully saturated rings. The van der Waals surface area contributed by atoms with Gasteiger partial charge in [0.1, 0.15) is 11.3 Å². The lowest BCUT2D eigenvalue weighted by Gasteiger charge is -2.29. The van der Waals surface area contributed by atoms with Crippen molar-refractivity contribution in [3.8, 4) is 0 Å². The maximum atomic E-state index is 14.1. The van der Waals surface area contributed by atoms with Crippen molar-refractivity contribution in [2.45, 2.75) is 0 Å². The minimum absolute atomic E-state index is 0.0501. The molecule has 1 aliphatic heterocycles. The smallest absolute Gasteiger partial charge is 0.260 e. The van der Waals surface area contributed by atoms with E-state index in [4.69, 9.17) is 4.74 Å². The van der Waals surface area contributed by atoms with Crippen molar-refractivity contribution >= 4 is 32.6 Å². The molecule has 1 saturated heterocycles. The number of fused-ring (bicyclic) bond motifs is 1. The van der Waals surface area contributed by atoms with Crippen LogP contribution < -0.4 is 4.90 Å². The number of carbonyl (C=O) groups excluding carboxylic acids is 1. The third kappa shape index (κ3) is 4.30. The lowest BCUT2D eigenvalue weighted by molar-refractivity contribution is 0.0391. The molecule has 0 bridgehead atoms. The summed E-state index contributed by atoms with van der Waals surface area (Å²) in [6, 6.07) is 4.72. The number of hydrogen-bond acceptors (Lipinski definition) is 5. The molecule has 158 valence electrons. The first-order chi connectivity index (χ1) is 14.4. The van der Waals surface area contributed by atoms with Gasteiger partial charge in [0.25, 0.3) is 5.91 Å². The van der Waals surface area contributed by atoms with E-state index in [2.05, 4.69) is 9.88 Å². The number of amides is 1. The molecule has 1 aromatic heterocycles. The summed E-state index contributed by atoms with van der Waals surface area (Å²) in [5, 5.41) is 0.150. The summed E-state index contributed by atoms with van der Waals surface area (Å²) in [7, 11) is 0. The van der Waals surface area contributed by atoms with E-state index in [9.17, 15) is 22.4 Å². The molecule has 3 aromatic rings. The number of aromatic nitrogens is 1. The van der Waals surface area contributed by atoms with Crippen molar-refractivity contribution in [1.82, 2.24) is 9.88 Å². The van der Waals surface area contributed by atoms with Crippen LogP contribution in [0.2, 0.25) is 0 Å². The summed E-state index contributed by atoms with van der Waals surface area (Å²) in [4.78, 5) is 20.6. The molecular formula is C20H17F4N3O2S. The first kappa shape index (κ1) is 20.7. The highest BCUT2D eigenvalue weighted by molar-refractivity contribution is 7.22. The number of benzene rings is 2. The zero-order valence-electron chi connectivity index (χ0n) is 15.7. The SMILES string of the molecule is O=C(c1ccc(F)c(F)c1)N(CCN1CCOCC1)c1nc2c(F)cc(F)cc2s1. The molecule has 2 aromatic carbocycles. The van der Waals surface area contributed by atoms with Gasteiger partial charge in [-0.1, -0.05) is 11.3 Å². The number of ether oxygens (including phenoxy) is 1. The number of morpholine rings is 1. The standard InChI is InChI=1S/C20H17F4N3O2S/c21-13-10-16(24)18-17(11-13)30-20(25-18)27(4-3-26-5-7-29-8-6-26)19(28)12-1-2-14(22)15(23)9-12/h1-2,9-11H,3-8H2. The second-order valence-corrected chi connectivity index (χ2v) is 7.78. The predicted molar refractivity (Wildman–Crippen MR) is 105 cm³/mol. The van der Waals surface area contributed by atoms with Crippen LogP contribution in [0.3, 0.4) is 0 Å². The Hall–Kier alpha value is -2.56. The molecule has 0 radical (unpaired) electrons. The molecular weight excluding hydrogens is 422 g/mol. The van der Waals surface area contributed by atoms with Crippen LogP contribution in [-0.2, 0) is 4.74 Å². The van der Waals surface area contributed by atoms with E-state index in [1.165, 1.54) is 11.0 Å². The van der Waals surface area contributed by atoms with E-state index in [-0.39, 0.29) is 27.5 Å². The number of anilines is 1. The molecule has 4 rings (SSSR count). The van der Waals surface area contributed by atoms with Gasteiger partial charge in [0, 0.05) is 37.8 Å². The number of thiazole rings is 1. The first-order valence-corrected chi connectivity index (χ1v) is 10.1. The zero-order valence-corrected chi connectivity index (χ0v) is 16.5. The third-order valence-electron chi connectivity index (χ3n) is 4.79. The molecule has 0 aliphatic carbocycles. The van der Waals surface area contributed by atoms with Gasteiger partial charge >= 0.3 is 0 Å². The van der Waals surface area contributed by atoms with E-state index < -0.39 is 29.2 Å². The van der Waals surface area contributed by atoms with Gasteiger partial charge in [-0.2, -0.15) is 0 Å². The Morgan fingerprint density at radius 3 is 2.57 bits per heavy atom. The second-order valence-electron chi connectivity index (χ2n) is 6.77. The van der Waals surface area contributed by atoms with Gasteiger partial charge in [0.15, 0.2) is 22.6 Å². The van der Waals surface area contributed by atoms with Gasteiger partial charge in [0.2, 0.25) is 0 Å². The van der Waals surface area contributed by atoms with Crippen LogP contribution in [0.15, 0.2) is 30.3 Å². The molecule has 0 atom stereocenters. The van der Waals surface area contributed by atoms with Crippen molar-refractivity contribution in [1.29, 1.82) is 0 Å². The summed E-state index contributed by atoms with van der Waals surface area (Å²) in [5.41, 5.74) is -0.118. The average Bonchev–Trinajstić information content (AvgIpc) is 3.15. The van der Waals surface area contributed by atoms with Gasteiger partial charge in [-0.25, -0.2) is 22.5 Å². The lowest BCUT2D eigenvalue weighted by atomic mass is 10.2. The monoisotopic (exact) mass is 439 g/mol. The number of nitrogens with zero attached hydrogens (tertiary/aromatic N) is 3. The molecule has 1 amide bonds. The van der Waals surface area contributed by atoms with Crippen LogP contribution in [0.4, 0.5) is 22.7 Å². The Balaban J connectivity index is 1.68. The fourth-order valence-electron chi connectivity index (χ4n) is 3.20. The highest BCUT2D eigenvalue weighted by Crippen LogP contribution is 2.32. The van der Waals surface area contributed by atoms with Crippen molar-refractivity contribution < 1.29 is 27.1 Å². The second kappa shape index (κ2) is 8.66. The Morgan fingerprint density at radius 2 is 1.83 bits per heavy atom. The Kier molecular flexibility index (Phi) is 5.98. The first-order valence-electron chi connectivity index (χ1n) is 9.25. The van der Waals surface area contributed by atoms with Crippen molar-refractivity contribution in [3.05, 3.63) is 59.2 Å².